The highest BCUT2D eigenvalue weighted by atomic mass is 16.3. The zero-order chi connectivity index (χ0) is 16.4. The number of nitrogens with two attached hydrogens (primary N) is 2. The van der Waals surface area contributed by atoms with E-state index in [9.17, 15) is 5.11 Å². The number of benzene rings is 1. The van der Waals surface area contributed by atoms with Crippen LogP contribution in [0.25, 0.3) is 11.3 Å². The number of nitrogen functional groups attached to an aromatic ring is 1. The van der Waals surface area contributed by atoms with Gasteiger partial charge in [0, 0.05) is 18.7 Å². The van der Waals surface area contributed by atoms with Crippen molar-refractivity contribution in [3.05, 3.63) is 30.3 Å². The van der Waals surface area contributed by atoms with E-state index in [-0.39, 0.29) is 11.2 Å². The van der Waals surface area contributed by atoms with Crippen LogP contribution in [0.3, 0.4) is 0 Å². The molecule has 2 aromatic rings. The molecule has 0 unspecified atom stereocenters. The molecule has 1 aliphatic heterocycles. The SMILES string of the molecule is CC1(CN)CCN(c2cc(-c3ccccc3O)nnc2N)CC1. The Morgan fingerprint density at radius 2 is 1.91 bits per heavy atom. The maximum Gasteiger partial charge on any atom is 0.169 e. The standard InChI is InChI=1S/C17H23N5O/c1-17(11-18)6-8-22(9-7-17)14-10-13(20-21-16(14)19)12-4-2-3-5-15(12)23/h2-5,10,23H,6-9,11,18H2,1H3,(H2,19,21). The average Bonchev–Trinajstić information content (AvgIpc) is 2.57. The molecule has 1 fully saturated rings. The van der Waals surface area contributed by atoms with Crippen molar-refractivity contribution in [1.29, 1.82) is 0 Å². The van der Waals surface area contributed by atoms with E-state index in [1.165, 1.54) is 0 Å². The van der Waals surface area contributed by atoms with Gasteiger partial charge in [-0.05, 0) is 43.0 Å². The Balaban J connectivity index is 1.89. The van der Waals surface area contributed by atoms with Gasteiger partial charge in [-0.25, -0.2) is 0 Å². The van der Waals surface area contributed by atoms with Gasteiger partial charge in [0.1, 0.15) is 5.75 Å². The number of para-hydroxylation sites is 1. The molecule has 0 saturated carbocycles. The number of anilines is 2. The summed E-state index contributed by atoms with van der Waals surface area (Å²) in [6, 6.07) is 9.01. The molecular weight excluding hydrogens is 290 g/mol. The molecule has 3 rings (SSSR count). The number of aromatic hydroxyl groups is 1. The summed E-state index contributed by atoms with van der Waals surface area (Å²) in [5.41, 5.74) is 14.3. The molecule has 0 aliphatic carbocycles. The lowest BCUT2D eigenvalue weighted by molar-refractivity contribution is 0.258. The minimum absolute atomic E-state index is 0.187. The lowest BCUT2D eigenvalue weighted by Gasteiger charge is -2.39. The third-order valence-corrected chi connectivity index (χ3v) is 4.79. The van der Waals surface area contributed by atoms with Crippen LogP contribution in [0, 0.1) is 5.41 Å². The predicted molar refractivity (Wildman–Crippen MR) is 92.2 cm³/mol. The second-order valence-corrected chi connectivity index (χ2v) is 6.52. The molecule has 1 saturated heterocycles. The van der Waals surface area contributed by atoms with E-state index in [0.717, 1.165) is 31.6 Å². The van der Waals surface area contributed by atoms with Gasteiger partial charge in [-0.1, -0.05) is 19.1 Å². The lowest BCUT2D eigenvalue weighted by Crippen LogP contribution is -2.42. The number of nitrogens with zero attached hydrogens (tertiary/aromatic N) is 3. The summed E-state index contributed by atoms with van der Waals surface area (Å²) >= 11 is 0. The Hall–Kier alpha value is -2.34. The van der Waals surface area contributed by atoms with Crippen LogP contribution < -0.4 is 16.4 Å². The first kappa shape index (κ1) is 15.6. The Kier molecular flexibility index (Phi) is 4.09. The van der Waals surface area contributed by atoms with Crippen molar-refractivity contribution in [1.82, 2.24) is 10.2 Å². The van der Waals surface area contributed by atoms with Gasteiger partial charge in [0.15, 0.2) is 5.82 Å². The quantitative estimate of drug-likeness (QED) is 0.801. The number of piperidine rings is 1. The van der Waals surface area contributed by atoms with Gasteiger partial charge in [0.05, 0.1) is 11.4 Å². The monoisotopic (exact) mass is 313 g/mol. The van der Waals surface area contributed by atoms with Crippen molar-refractivity contribution in [2.24, 2.45) is 11.1 Å². The molecule has 0 bridgehead atoms. The largest absolute Gasteiger partial charge is 0.507 e. The molecule has 5 N–H and O–H groups in total. The smallest absolute Gasteiger partial charge is 0.169 e. The van der Waals surface area contributed by atoms with Crippen LogP contribution in [0.4, 0.5) is 11.5 Å². The van der Waals surface area contributed by atoms with E-state index < -0.39 is 0 Å². The van der Waals surface area contributed by atoms with Crippen LogP contribution in [0.15, 0.2) is 30.3 Å². The Labute approximate surface area is 136 Å². The minimum atomic E-state index is 0.187. The third kappa shape index (κ3) is 3.07. The van der Waals surface area contributed by atoms with E-state index in [1.54, 1.807) is 12.1 Å². The normalized spacial score (nSPS) is 17.2. The predicted octanol–water partition coefficient (Wildman–Crippen LogP) is 2.00. The number of aromatic nitrogens is 2. The average molecular weight is 313 g/mol. The van der Waals surface area contributed by atoms with Gasteiger partial charge in [0.25, 0.3) is 0 Å². The van der Waals surface area contributed by atoms with Crippen molar-refractivity contribution in [3.8, 4) is 17.0 Å². The van der Waals surface area contributed by atoms with E-state index >= 15 is 0 Å². The first-order valence-electron chi connectivity index (χ1n) is 7.89. The van der Waals surface area contributed by atoms with E-state index in [4.69, 9.17) is 11.5 Å². The van der Waals surface area contributed by atoms with Crippen LogP contribution >= 0.6 is 0 Å². The topological polar surface area (TPSA) is 101 Å². The van der Waals surface area contributed by atoms with Crippen molar-refractivity contribution in [2.45, 2.75) is 19.8 Å². The fraction of sp³-hybridized carbons (Fsp3) is 0.412. The number of phenols is 1. The first-order chi connectivity index (χ1) is 11.0. The third-order valence-electron chi connectivity index (χ3n) is 4.79. The van der Waals surface area contributed by atoms with Gasteiger partial charge < -0.3 is 21.5 Å². The number of hydrogen-bond donors (Lipinski definition) is 3. The van der Waals surface area contributed by atoms with Gasteiger partial charge in [-0.2, -0.15) is 0 Å². The maximum absolute atomic E-state index is 10.0. The summed E-state index contributed by atoms with van der Waals surface area (Å²) < 4.78 is 0. The molecule has 6 nitrogen and oxygen atoms in total. The zero-order valence-corrected chi connectivity index (χ0v) is 13.4. The first-order valence-corrected chi connectivity index (χ1v) is 7.89. The lowest BCUT2D eigenvalue weighted by atomic mass is 9.80. The number of phenolic OH excluding ortho intramolecular Hbond substituents is 1. The molecule has 0 amide bonds. The highest BCUT2D eigenvalue weighted by Crippen LogP contribution is 2.35. The summed E-state index contributed by atoms with van der Waals surface area (Å²) in [5.74, 6) is 0.604. The molecule has 23 heavy (non-hydrogen) atoms. The summed E-state index contributed by atoms with van der Waals surface area (Å²) in [5, 5.41) is 18.2. The van der Waals surface area contributed by atoms with Gasteiger partial charge >= 0.3 is 0 Å². The second kappa shape index (κ2) is 6.04. The summed E-state index contributed by atoms with van der Waals surface area (Å²) in [6.45, 7) is 4.72. The van der Waals surface area contributed by atoms with Crippen LogP contribution in [-0.4, -0.2) is 34.9 Å². The van der Waals surface area contributed by atoms with Crippen LogP contribution in [-0.2, 0) is 0 Å². The van der Waals surface area contributed by atoms with Crippen LogP contribution in [0.2, 0.25) is 0 Å². The molecule has 6 heteroatoms. The summed E-state index contributed by atoms with van der Waals surface area (Å²) in [4.78, 5) is 2.23. The molecule has 0 atom stereocenters. The molecule has 1 aromatic carbocycles. The highest BCUT2D eigenvalue weighted by molar-refractivity contribution is 5.74. The maximum atomic E-state index is 10.0. The molecule has 0 spiro atoms. The minimum Gasteiger partial charge on any atom is -0.507 e. The Morgan fingerprint density at radius 1 is 1.22 bits per heavy atom. The second-order valence-electron chi connectivity index (χ2n) is 6.52. The van der Waals surface area contributed by atoms with Crippen molar-refractivity contribution in [3.63, 3.8) is 0 Å². The molecule has 2 heterocycles. The number of hydrogen-bond acceptors (Lipinski definition) is 6. The van der Waals surface area contributed by atoms with Crippen LogP contribution in [0.5, 0.6) is 5.75 Å². The molecule has 1 aliphatic rings. The Morgan fingerprint density at radius 3 is 2.57 bits per heavy atom. The Bertz CT molecular complexity index is 695. The molecule has 0 radical (unpaired) electrons. The highest BCUT2D eigenvalue weighted by Gasteiger charge is 2.29. The van der Waals surface area contributed by atoms with Gasteiger partial charge in [0.2, 0.25) is 0 Å². The van der Waals surface area contributed by atoms with Gasteiger partial charge in [-0.15, -0.1) is 10.2 Å². The zero-order valence-electron chi connectivity index (χ0n) is 13.4. The summed E-state index contributed by atoms with van der Waals surface area (Å²) in [7, 11) is 0. The van der Waals surface area contributed by atoms with E-state index in [0.29, 0.717) is 23.6 Å². The van der Waals surface area contributed by atoms with E-state index in [2.05, 4.69) is 22.0 Å². The molecular formula is C17H23N5O. The van der Waals surface area contributed by atoms with Crippen molar-refractivity contribution >= 4 is 11.5 Å². The molecule has 1 aromatic heterocycles. The van der Waals surface area contributed by atoms with Gasteiger partial charge in [-0.3, -0.25) is 0 Å². The fourth-order valence-corrected chi connectivity index (χ4v) is 2.96. The number of rotatable bonds is 3. The van der Waals surface area contributed by atoms with E-state index in [1.807, 2.05) is 18.2 Å². The molecule has 122 valence electrons. The fourth-order valence-electron chi connectivity index (χ4n) is 2.96. The van der Waals surface area contributed by atoms with Crippen molar-refractivity contribution in [2.75, 3.05) is 30.3 Å². The van der Waals surface area contributed by atoms with Crippen LogP contribution in [0.1, 0.15) is 19.8 Å². The summed E-state index contributed by atoms with van der Waals surface area (Å²) in [6.07, 6.45) is 2.05. The van der Waals surface area contributed by atoms with Crippen molar-refractivity contribution < 1.29 is 5.11 Å².